The smallest absolute Gasteiger partial charge is 0.550 e. The number of aryl methyl sites for hydroxylation is 1. The number of carboxylic acids is 1. The van der Waals surface area contributed by atoms with Crippen molar-refractivity contribution in [3.05, 3.63) is 21.9 Å². The summed E-state index contributed by atoms with van der Waals surface area (Å²) in [7, 11) is 0. The zero-order valence-electron chi connectivity index (χ0n) is 12.8. The van der Waals surface area contributed by atoms with Gasteiger partial charge in [0.1, 0.15) is 0 Å². The number of amides is 1. The summed E-state index contributed by atoms with van der Waals surface area (Å²) < 4.78 is 0. The average Bonchev–Trinajstić information content (AvgIpc) is 2.85. The van der Waals surface area contributed by atoms with Crippen LogP contribution in [-0.2, 0) is 9.59 Å². The maximum Gasteiger partial charge on any atom is 1.00 e. The second kappa shape index (κ2) is 8.32. The van der Waals surface area contributed by atoms with Crippen molar-refractivity contribution < 1.29 is 44.3 Å². The normalized spacial score (nSPS) is 23.0. The Morgan fingerprint density at radius 2 is 2.00 bits per heavy atom. The van der Waals surface area contributed by atoms with Gasteiger partial charge in [0.2, 0.25) is 5.91 Å². The molecule has 0 bridgehead atoms. The number of hydrogen-bond acceptors (Lipinski definition) is 4. The van der Waals surface area contributed by atoms with Gasteiger partial charge in [-0.05, 0) is 51.2 Å². The fourth-order valence-electron chi connectivity index (χ4n) is 2.73. The molecule has 4 nitrogen and oxygen atoms in total. The summed E-state index contributed by atoms with van der Waals surface area (Å²) in [4.78, 5) is 25.5. The first-order valence-electron chi connectivity index (χ1n) is 7.05. The summed E-state index contributed by atoms with van der Waals surface area (Å²) in [5, 5.41) is 13.9. The monoisotopic (exact) mass is 317 g/mol. The van der Waals surface area contributed by atoms with Gasteiger partial charge in [-0.3, -0.25) is 4.79 Å². The van der Waals surface area contributed by atoms with Crippen LogP contribution >= 0.6 is 11.3 Å². The predicted octanol–water partition coefficient (Wildman–Crippen LogP) is -1.21. The second-order valence-corrected chi connectivity index (χ2v) is 6.88. The van der Waals surface area contributed by atoms with Crippen LogP contribution in [0.15, 0.2) is 12.1 Å². The van der Waals surface area contributed by atoms with Gasteiger partial charge in [-0.2, -0.15) is 0 Å². The molecule has 6 heteroatoms. The first-order valence-corrected chi connectivity index (χ1v) is 7.86. The minimum absolute atomic E-state index is 0. The standard InChI is InChI=1S/C15H21NO3S.Na/c1-9-6-7-13(20-9)10(2)16-14(17)11-4-3-5-12(8-11)15(18)19;/h6-7,10-12H,3-5,8H2,1-2H3,(H,16,17)(H,18,19);/q;+1/p-1/t10?,11-,12+;/m1./s1. The number of thiophene rings is 1. The van der Waals surface area contributed by atoms with Crippen molar-refractivity contribution in [2.75, 3.05) is 0 Å². The minimum Gasteiger partial charge on any atom is -0.550 e. The first-order chi connectivity index (χ1) is 9.47. The molecule has 1 unspecified atom stereocenters. The summed E-state index contributed by atoms with van der Waals surface area (Å²) >= 11 is 1.67. The molecule has 110 valence electrons. The van der Waals surface area contributed by atoms with E-state index in [4.69, 9.17) is 0 Å². The van der Waals surface area contributed by atoms with Crippen LogP contribution in [0.5, 0.6) is 0 Å². The molecule has 0 radical (unpaired) electrons. The van der Waals surface area contributed by atoms with Crippen molar-refractivity contribution >= 4 is 23.2 Å². The van der Waals surface area contributed by atoms with E-state index in [1.807, 2.05) is 26.0 Å². The Hall–Kier alpha value is -0.360. The minimum atomic E-state index is -1.02. The number of rotatable bonds is 4. The molecule has 1 aliphatic rings. The number of aliphatic carboxylic acids is 1. The Morgan fingerprint density at radius 3 is 2.57 bits per heavy atom. The zero-order valence-corrected chi connectivity index (χ0v) is 15.7. The largest absolute Gasteiger partial charge is 1.00 e. The number of hydrogen-bond donors (Lipinski definition) is 1. The van der Waals surface area contributed by atoms with Gasteiger partial charge in [-0.15, -0.1) is 11.3 Å². The number of nitrogens with one attached hydrogen (secondary N) is 1. The summed E-state index contributed by atoms with van der Waals surface area (Å²) in [6.45, 7) is 4.00. The summed E-state index contributed by atoms with van der Waals surface area (Å²) in [5.74, 6) is -1.73. The molecule has 0 spiro atoms. The summed E-state index contributed by atoms with van der Waals surface area (Å²) in [6, 6.07) is 4.04. The van der Waals surface area contributed by atoms with Gasteiger partial charge in [0.05, 0.1) is 6.04 Å². The molecule has 0 aliphatic heterocycles. The summed E-state index contributed by atoms with van der Waals surface area (Å²) in [6.07, 6.45) is 2.59. The molecule has 2 rings (SSSR count). The van der Waals surface area contributed by atoms with Gasteiger partial charge < -0.3 is 15.2 Å². The number of carboxylic acid groups (broad SMARTS) is 1. The van der Waals surface area contributed by atoms with E-state index in [-0.39, 0.29) is 47.4 Å². The maximum absolute atomic E-state index is 12.2. The molecule has 1 heterocycles. The molecule has 1 aliphatic carbocycles. The third-order valence-corrected chi connectivity index (χ3v) is 5.11. The van der Waals surface area contributed by atoms with Crippen molar-refractivity contribution in [1.29, 1.82) is 0 Å². The predicted molar refractivity (Wildman–Crippen MR) is 76.1 cm³/mol. The maximum atomic E-state index is 12.2. The van der Waals surface area contributed by atoms with E-state index in [1.54, 1.807) is 11.3 Å². The molecule has 1 N–H and O–H groups in total. The van der Waals surface area contributed by atoms with Gasteiger partial charge in [0.25, 0.3) is 0 Å². The van der Waals surface area contributed by atoms with Gasteiger partial charge in [0, 0.05) is 21.6 Å². The Morgan fingerprint density at radius 1 is 1.33 bits per heavy atom. The van der Waals surface area contributed by atoms with E-state index in [0.29, 0.717) is 12.8 Å². The van der Waals surface area contributed by atoms with E-state index in [0.717, 1.165) is 17.7 Å². The van der Waals surface area contributed by atoms with Crippen molar-refractivity contribution in [3.63, 3.8) is 0 Å². The summed E-state index contributed by atoms with van der Waals surface area (Å²) in [5.41, 5.74) is 0. The fraction of sp³-hybridized carbons (Fsp3) is 0.600. The fourth-order valence-corrected chi connectivity index (χ4v) is 3.61. The second-order valence-electron chi connectivity index (χ2n) is 5.56. The Bertz CT molecular complexity index is 503. The SMILES string of the molecule is Cc1ccc(C(C)NC(=O)[C@@H]2CCC[C@H](C(=O)[O-])C2)s1.[Na+]. The third-order valence-electron chi connectivity index (χ3n) is 3.93. The van der Waals surface area contributed by atoms with Gasteiger partial charge in [-0.25, -0.2) is 0 Å². The molecule has 1 fully saturated rings. The number of carbonyl (C=O) groups excluding carboxylic acids is 2. The molecule has 0 aromatic carbocycles. The average molecular weight is 317 g/mol. The molecular formula is C15H20NNaO3S. The van der Waals surface area contributed by atoms with Crippen molar-refractivity contribution in [2.24, 2.45) is 11.8 Å². The Balaban J connectivity index is 0.00000220. The first kappa shape index (κ1) is 18.7. The Labute approximate surface area is 151 Å². The van der Waals surface area contributed by atoms with Crippen LogP contribution < -0.4 is 40.0 Å². The van der Waals surface area contributed by atoms with Crippen molar-refractivity contribution in [1.82, 2.24) is 5.32 Å². The van der Waals surface area contributed by atoms with Crippen LogP contribution in [0.25, 0.3) is 0 Å². The van der Waals surface area contributed by atoms with E-state index < -0.39 is 11.9 Å². The van der Waals surface area contributed by atoms with Gasteiger partial charge in [-0.1, -0.05) is 6.42 Å². The van der Waals surface area contributed by atoms with Crippen LogP contribution in [0.2, 0.25) is 0 Å². The number of carbonyl (C=O) groups is 2. The molecule has 0 saturated heterocycles. The molecule has 1 saturated carbocycles. The van der Waals surface area contributed by atoms with Crippen LogP contribution in [0.1, 0.15) is 48.4 Å². The van der Waals surface area contributed by atoms with E-state index in [9.17, 15) is 14.7 Å². The molecule has 21 heavy (non-hydrogen) atoms. The molecular weight excluding hydrogens is 297 g/mol. The quantitative estimate of drug-likeness (QED) is 0.709. The van der Waals surface area contributed by atoms with E-state index in [1.165, 1.54) is 4.88 Å². The van der Waals surface area contributed by atoms with E-state index in [2.05, 4.69) is 5.32 Å². The Kier molecular flexibility index (Phi) is 7.40. The van der Waals surface area contributed by atoms with Gasteiger partial charge in [0.15, 0.2) is 0 Å². The van der Waals surface area contributed by atoms with E-state index >= 15 is 0 Å². The zero-order chi connectivity index (χ0) is 14.7. The molecule has 1 aromatic rings. The van der Waals surface area contributed by atoms with Crippen molar-refractivity contribution in [2.45, 2.75) is 45.6 Å². The molecule has 1 aromatic heterocycles. The van der Waals surface area contributed by atoms with Gasteiger partial charge >= 0.3 is 29.6 Å². The van der Waals surface area contributed by atoms with Crippen LogP contribution in [-0.4, -0.2) is 11.9 Å². The van der Waals surface area contributed by atoms with Crippen molar-refractivity contribution in [3.8, 4) is 0 Å². The molecule has 1 amide bonds. The van der Waals surface area contributed by atoms with Crippen LogP contribution in [0, 0.1) is 18.8 Å². The molecule has 3 atom stereocenters. The van der Waals surface area contributed by atoms with Crippen LogP contribution in [0.4, 0.5) is 0 Å². The topological polar surface area (TPSA) is 69.2 Å². The van der Waals surface area contributed by atoms with Crippen LogP contribution in [0.3, 0.4) is 0 Å². The third kappa shape index (κ3) is 5.09.